The third-order valence-corrected chi connectivity index (χ3v) is 8.08. The smallest absolute Gasteiger partial charge is 0.317 e. The van der Waals surface area contributed by atoms with Crippen molar-refractivity contribution in [2.45, 2.75) is 32.9 Å². The highest BCUT2D eigenvalue weighted by Crippen LogP contribution is 2.31. The van der Waals surface area contributed by atoms with Gasteiger partial charge in [-0.2, -0.15) is 5.10 Å². The number of nitrogens with one attached hydrogen (secondary N) is 1. The van der Waals surface area contributed by atoms with E-state index in [1.807, 2.05) is 47.7 Å². The molecule has 0 spiro atoms. The Hall–Kier alpha value is -2.26. The molecule has 31 heavy (non-hydrogen) atoms. The van der Waals surface area contributed by atoms with Crippen LogP contribution in [0.3, 0.4) is 0 Å². The van der Waals surface area contributed by atoms with Crippen LogP contribution in [-0.2, 0) is 16.4 Å². The van der Waals surface area contributed by atoms with E-state index in [1.54, 1.807) is 0 Å². The lowest BCUT2D eigenvalue weighted by molar-refractivity contribution is 0.194. The minimum atomic E-state index is -2.97. The molecule has 0 radical (unpaired) electrons. The fourth-order valence-corrected chi connectivity index (χ4v) is 6.28. The summed E-state index contributed by atoms with van der Waals surface area (Å²) in [6.45, 7) is 7.10. The van der Waals surface area contributed by atoms with Crippen molar-refractivity contribution in [2.75, 3.05) is 42.6 Å². The Bertz CT molecular complexity index is 1060. The number of urea groups is 1. The second kappa shape index (κ2) is 8.70. The van der Waals surface area contributed by atoms with Crippen molar-refractivity contribution in [1.82, 2.24) is 20.0 Å². The zero-order chi connectivity index (χ0) is 22.2. The van der Waals surface area contributed by atoms with Gasteiger partial charge in [0, 0.05) is 37.7 Å². The minimum absolute atomic E-state index is 0.0742. The lowest BCUT2D eigenvalue weighted by atomic mass is 10.2. The number of aryl methyl sites for hydroxylation is 1. The number of carbonyl (C=O) groups is 1. The maximum Gasteiger partial charge on any atom is 0.317 e. The molecule has 2 amide bonds. The van der Waals surface area contributed by atoms with Crippen LogP contribution >= 0.6 is 11.6 Å². The summed E-state index contributed by atoms with van der Waals surface area (Å²) < 4.78 is 25.6. The molecule has 0 aliphatic carbocycles. The summed E-state index contributed by atoms with van der Waals surface area (Å²) >= 11 is 5.90. The molecule has 2 fully saturated rings. The van der Waals surface area contributed by atoms with Gasteiger partial charge in [-0.15, -0.1) is 0 Å². The predicted molar refractivity (Wildman–Crippen MR) is 121 cm³/mol. The molecule has 4 rings (SSSR count). The topological polar surface area (TPSA) is 87.5 Å². The van der Waals surface area contributed by atoms with Crippen LogP contribution in [0.2, 0.25) is 5.02 Å². The molecule has 1 unspecified atom stereocenters. The summed E-state index contributed by atoms with van der Waals surface area (Å²) in [6, 6.07) is 7.27. The maximum atomic E-state index is 12.6. The number of hydrogen-bond donors (Lipinski definition) is 1. The normalized spacial score (nSPS) is 20.8. The van der Waals surface area contributed by atoms with Crippen molar-refractivity contribution in [3.63, 3.8) is 0 Å². The van der Waals surface area contributed by atoms with E-state index in [1.165, 1.54) is 0 Å². The van der Waals surface area contributed by atoms with Gasteiger partial charge >= 0.3 is 6.03 Å². The molecule has 2 aliphatic heterocycles. The summed E-state index contributed by atoms with van der Waals surface area (Å²) in [7, 11) is -2.97. The molecule has 1 N–H and O–H groups in total. The molecule has 0 saturated carbocycles. The summed E-state index contributed by atoms with van der Waals surface area (Å²) in [5.74, 6) is 0.394. The monoisotopic (exact) mass is 465 g/mol. The largest absolute Gasteiger partial charge is 0.365 e. The first-order valence-electron chi connectivity index (χ1n) is 10.5. The Labute approximate surface area is 188 Å². The first-order chi connectivity index (χ1) is 14.7. The first-order valence-corrected chi connectivity index (χ1v) is 12.7. The fraction of sp³-hybridized carbons (Fsp3) is 0.524. The van der Waals surface area contributed by atoms with Gasteiger partial charge in [0.25, 0.3) is 0 Å². The second-order valence-corrected chi connectivity index (χ2v) is 10.9. The van der Waals surface area contributed by atoms with Gasteiger partial charge in [-0.1, -0.05) is 23.7 Å². The molecule has 2 aromatic rings. The molecule has 2 saturated heterocycles. The highest BCUT2D eigenvalue weighted by molar-refractivity contribution is 7.91. The van der Waals surface area contributed by atoms with E-state index in [2.05, 4.69) is 15.3 Å². The minimum Gasteiger partial charge on any atom is -0.365 e. The molecule has 0 bridgehead atoms. The lowest BCUT2D eigenvalue weighted by Crippen LogP contribution is -2.52. The van der Waals surface area contributed by atoms with Crippen LogP contribution in [0.15, 0.2) is 24.3 Å². The van der Waals surface area contributed by atoms with Gasteiger partial charge in [0.1, 0.15) is 0 Å². The summed E-state index contributed by atoms with van der Waals surface area (Å²) in [4.78, 5) is 16.6. The fourth-order valence-electron chi connectivity index (χ4n) is 4.46. The number of anilines is 1. The number of nitrogens with zero attached hydrogens (tertiary/aromatic N) is 4. The number of benzene rings is 1. The lowest BCUT2D eigenvalue weighted by Gasteiger charge is -2.36. The van der Waals surface area contributed by atoms with Crippen LogP contribution in [0, 0.1) is 13.8 Å². The van der Waals surface area contributed by atoms with E-state index < -0.39 is 9.84 Å². The van der Waals surface area contributed by atoms with E-state index in [-0.39, 0.29) is 23.6 Å². The van der Waals surface area contributed by atoms with Crippen LogP contribution in [0.25, 0.3) is 0 Å². The average Bonchev–Trinajstić information content (AvgIpc) is 3.25. The van der Waals surface area contributed by atoms with Crippen molar-refractivity contribution >= 4 is 33.2 Å². The van der Waals surface area contributed by atoms with Crippen molar-refractivity contribution in [2.24, 2.45) is 0 Å². The quantitative estimate of drug-likeness (QED) is 0.749. The highest BCUT2D eigenvalue weighted by Gasteiger charge is 2.33. The number of aromatic nitrogens is 2. The molecular weight excluding hydrogens is 438 g/mol. The molecule has 1 aromatic heterocycles. The van der Waals surface area contributed by atoms with Crippen LogP contribution < -0.4 is 10.2 Å². The molecule has 2 aliphatic rings. The van der Waals surface area contributed by atoms with Crippen LogP contribution in [-0.4, -0.2) is 66.8 Å². The standard InChI is InChI=1S/C21H28ClN5O3S/c1-15-20(16(2)27(24-15)19-7-12-31(29,30)14-19)25-8-10-26(11-9-25)21(28)23-13-17-3-5-18(22)6-4-17/h3-6,19H,7-14H2,1-2H3,(H,23,28). The van der Waals surface area contributed by atoms with Crippen molar-refractivity contribution in [1.29, 1.82) is 0 Å². The van der Waals surface area contributed by atoms with E-state index in [0.29, 0.717) is 44.2 Å². The van der Waals surface area contributed by atoms with Gasteiger partial charge in [0.05, 0.1) is 34.6 Å². The predicted octanol–water partition coefficient (Wildman–Crippen LogP) is 2.54. The van der Waals surface area contributed by atoms with Crippen LogP contribution in [0.4, 0.5) is 10.5 Å². The van der Waals surface area contributed by atoms with Gasteiger partial charge < -0.3 is 15.1 Å². The number of carbonyl (C=O) groups excluding carboxylic acids is 1. The van der Waals surface area contributed by atoms with Gasteiger partial charge in [0.15, 0.2) is 9.84 Å². The number of halogens is 1. The first kappa shape index (κ1) is 22.0. The van der Waals surface area contributed by atoms with E-state index >= 15 is 0 Å². The average molecular weight is 466 g/mol. The maximum absolute atomic E-state index is 12.6. The number of piperazine rings is 1. The van der Waals surface area contributed by atoms with Crippen molar-refractivity contribution in [3.05, 3.63) is 46.2 Å². The third kappa shape index (κ3) is 4.82. The SMILES string of the molecule is Cc1nn(C2CCS(=O)(=O)C2)c(C)c1N1CCN(C(=O)NCc2ccc(Cl)cc2)CC1. The zero-order valence-corrected chi connectivity index (χ0v) is 19.4. The van der Waals surface area contributed by atoms with E-state index in [4.69, 9.17) is 11.6 Å². The van der Waals surface area contributed by atoms with E-state index in [9.17, 15) is 13.2 Å². The van der Waals surface area contributed by atoms with Gasteiger partial charge in [-0.25, -0.2) is 13.2 Å². The Balaban J connectivity index is 1.35. The number of sulfone groups is 1. The van der Waals surface area contributed by atoms with Crippen LogP contribution in [0.5, 0.6) is 0 Å². The number of hydrogen-bond acceptors (Lipinski definition) is 5. The second-order valence-electron chi connectivity index (χ2n) is 8.28. The van der Waals surface area contributed by atoms with Crippen LogP contribution in [0.1, 0.15) is 29.4 Å². The van der Waals surface area contributed by atoms with E-state index in [0.717, 1.165) is 22.6 Å². The Kier molecular flexibility index (Phi) is 6.16. The molecule has 8 nitrogen and oxygen atoms in total. The Morgan fingerprint density at radius 3 is 2.45 bits per heavy atom. The third-order valence-electron chi connectivity index (χ3n) is 6.08. The molecule has 3 heterocycles. The molecule has 10 heteroatoms. The summed E-state index contributed by atoms with van der Waals surface area (Å²) in [5, 5.41) is 8.31. The molecule has 168 valence electrons. The Morgan fingerprint density at radius 2 is 1.84 bits per heavy atom. The van der Waals surface area contributed by atoms with Gasteiger partial charge in [0.2, 0.25) is 0 Å². The Morgan fingerprint density at radius 1 is 1.16 bits per heavy atom. The van der Waals surface area contributed by atoms with Crippen molar-refractivity contribution in [3.8, 4) is 0 Å². The highest BCUT2D eigenvalue weighted by atomic mass is 35.5. The zero-order valence-electron chi connectivity index (χ0n) is 17.8. The number of amides is 2. The van der Waals surface area contributed by atoms with Crippen molar-refractivity contribution < 1.29 is 13.2 Å². The molecular formula is C21H28ClN5O3S. The van der Waals surface area contributed by atoms with Gasteiger partial charge in [-0.05, 0) is 38.0 Å². The summed E-state index contributed by atoms with van der Waals surface area (Å²) in [6.07, 6.45) is 0.616. The summed E-state index contributed by atoms with van der Waals surface area (Å²) in [5.41, 5.74) is 3.97. The van der Waals surface area contributed by atoms with Gasteiger partial charge in [-0.3, -0.25) is 4.68 Å². The molecule has 1 aromatic carbocycles. The molecule has 1 atom stereocenters. The number of rotatable bonds is 4.